The summed E-state index contributed by atoms with van der Waals surface area (Å²) in [7, 11) is 0. The quantitative estimate of drug-likeness (QED) is 0.795. The number of hydrogen-bond acceptors (Lipinski definition) is 2. The van der Waals surface area contributed by atoms with Crippen LogP contribution < -0.4 is 0 Å². The highest BCUT2D eigenvalue weighted by atomic mass is 19.2. The molecular formula is C10H7F3N2O. The molecule has 3 nitrogen and oxygen atoms in total. The maximum Gasteiger partial charge on any atom is 0.194 e. The zero-order valence-electron chi connectivity index (χ0n) is 7.99. The molecule has 6 heteroatoms. The van der Waals surface area contributed by atoms with Crippen molar-refractivity contribution in [2.75, 3.05) is 0 Å². The second-order valence-electron chi connectivity index (χ2n) is 3.13. The molecule has 1 heterocycles. The Morgan fingerprint density at radius 2 is 1.81 bits per heavy atom. The minimum Gasteiger partial charge on any atom is -0.390 e. The van der Waals surface area contributed by atoms with E-state index < -0.39 is 17.5 Å². The molecule has 0 radical (unpaired) electrons. The first-order valence-corrected chi connectivity index (χ1v) is 4.42. The fraction of sp³-hybridized carbons (Fsp3) is 0.100. The Morgan fingerprint density at radius 3 is 2.31 bits per heavy atom. The van der Waals surface area contributed by atoms with Gasteiger partial charge in [0.1, 0.15) is 0 Å². The van der Waals surface area contributed by atoms with Crippen molar-refractivity contribution in [3.05, 3.63) is 47.5 Å². The minimum absolute atomic E-state index is 0.0519. The van der Waals surface area contributed by atoms with Gasteiger partial charge >= 0.3 is 0 Å². The summed E-state index contributed by atoms with van der Waals surface area (Å²) in [4.78, 5) is 0. The van der Waals surface area contributed by atoms with Crippen LogP contribution in [0.5, 0.6) is 0 Å². The van der Waals surface area contributed by atoms with Crippen LogP contribution in [-0.2, 0) is 6.61 Å². The van der Waals surface area contributed by atoms with Crippen LogP contribution in [0.3, 0.4) is 0 Å². The highest BCUT2D eigenvalue weighted by Crippen LogP contribution is 2.16. The molecule has 0 bridgehead atoms. The molecule has 84 valence electrons. The Kier molecular flexibility index (Phi) is 2.66. The number of halogens is 3. The van der Waals surface area contributed by atoms with Crippen LogP contribution in [0.4, 0.5) is 13.2 Å². The van der Waals surface area contributed by atoms with E-state index in [-0.39, 0.29) is 12.3 Å². The molecule has 0 spiro atoms. The second-order valence-corrected chi connectivity index (χ2v) is 3.13. The van der Waals surface area contributed by atoms with E-state index >= 15 is 0 Å². The molecule has 16 heavy (non-hydrogen) atoms. The molecule has 0 amide bonds. The summed E-state index contributed by atoms with van der Waals surface area (Å²) in [5.74, 6) is -4.08. The van der Waals surface area contributed by atoms with Crippen LogP contribution in [0.15, 0.2) is 24.4 Å². The highest BCUT2D eigenvalue weighted by molar-refractivity contribution is 5.33. The number of hydrogen-bond donors (Lipinski definition) is 1. The van der Waals surface area contributed by atoms with Crippen LogP contribution in [0, 0.1) is 17.5 Å². The van der Waals surface area contributed by atoms with Gasteiger partial charge in [0.15, 0.2) is 17.5 Å². The first-order valence-electron chi connectivity index (χ1n) is 4.42. The number of aromatic nitrogens is 2. The van der Waals surface area contributed by atoms with Gasteiger partial charge in [0.25, 0.3) is 0 Å². The maximum absolute atomic E-state index is 12.9. The molecule has 0 aliphatic carbocycles. The summed E-state index contributed by atoms with van der Waals surface area (Å²) >= 11 is 0. The molecule has 2 rings (SSSR count). The number of rotatable bonds is 2. The van der Waals surface area contributed by atoms with Gasteiger partial charge in [-0.3, -0.25) is 0 Å². The van der Waals surface area contributed by atoms with Gasteiger partial charge in [0, 0.05) is 18.3 Å². The van der Waals surface area contributed by atoms with Crippen molar-refractivity contribution >= 4 is 0 Å². The van der Waals surface area contributed by atoms with Gasteiger partial charge < -0.3 is 5.11 Å². The summed E-state index contributed by atoms with van der Waals surface area (Å²) in [5.41, 5.74) is 0.404. The normalized spacial score (nSPS) is 10.8. The summed E-state index contributed by atoms with van der Waals surface area (Å²) in [6, 6.07) is 3.14. The molecule has 0 atom stereocenters. The SMILES string of the molecule is OCc1ccn(-c2cc(F)c(F)c(F)c2)n1. The van der Waals surface area contributed by atoms with Crippen LogP contribution in [0.2, 0.25) is 0 Å². The lowest BCUT2D eigenvalue weighted by atomic mass is 10.3. The second kappa shape index (κ2) is 3.97. The largest absolute Gasteiger partial charge is 0.390 e. The summed E-state index contributed by atoms with van der Waals surface area (Å²) < 4.78 is 39.6. The van der Waals surface area contributed by atoms with Crippen LogP contribution in [0.1, 0.15) is 5.69 Å². The van der Waals surface area contributed by atoms with E-state index in [1.54, 1.807) is 0 Å². The van der Waals surface area contributed by atoms with E-state index in [2.05, 4.69) is 5.10 Å². The van der Waals surface area contributed by atoms with E-state index in [9.17, 15) is 13.2 Å². The number of aliphatic hydroxyl groups excluding tert-OH is 1. The topological polar surface area (TPSA) is 38.0 Å². The smallest absolute Gasteiger partial charge is 0.194 e. The molecule has 1 N–H and O–H groups in total. The van der Waals surface area contributed by atoms with Crippen molar-refractivity contribution in [1.29, 1.82) is 0 Å². The Labute approximate surface area is 88.8 Å². The lowest BCUT2D eigenvalue weighted by Gasteiger charge is -2.02. The average Bonchev–Trinajstić information content (AvgIpc) is 2.73. The summed E-state index contributed by atoms with van der Waals surface area (Å²) in [5, 5.41) is 12.6. The first kappa shape index (κ1) is 10.7. The van der Waals surface area contributed by atoms with Crippen molar-refractivity contribution < 1.29 is 18.3 Å². The van der Waals surface area contributed by atoms with Gasteiger partial charge in [0.05, 0.1) is 18.0 Å². The predicted octanol–water partition coefficient (Wildman–Crippen LogP) is 1.78. The summed E-state index contributed by atoms with van der Waals surface area (Å²) in [6.07, 6.45) is 1.41. The zero-order valence-corrected chi connectivity index (χ0v) is 7.99. The lowest BCUT2D eigenvalue weighted by molar-refractivity contribution is 0.276. The van der Waals surface area contributed by atoms with Crippen LogP contribution in [-0.4, -0.2) is 14.9 Å². The predicted molar refractivity (Wildman–Crippen MR) is 49.4 cm³/mol. The molecular weight excluding hydrogens is 221 g/mol. The van der Waals surface area contributed by atoms with Crippen molar-refractivity contribution in [2.45, 2.75) is 6.61 Å². The Morgan fingerprint density at radius 1 is 1.19 bits per heavy atom. The Bertz CT molecular complexity index is 502. The Hall–Kier alpha value is -1.82. The minimum atomic E-state index is -1.52. The third-order valence-electron chi connectivity index (χ3n) is 2.04. The monoisotopic (exact) mass is 228 g/mol. The maximum atomic E-state index is 12.9. The number of nitrogens with zero attached hydrogens (tertiary/aromatic N) is 2. The third kappa shape index (κ3) is 1.79. The molecule has 0 aliphatic heterocycles. The average molecular weight is 228 g/mol. The molecule has 0 saturated carbocycles. The zero-order chi connectivity index (χ0) is 11.7. The van der Waals surface area contributed by atoms with Crippen molar-refractivity contribution in [1.82, 2.24) is 9.78 Å². The molecule has 0 unspecified atom stereocenters. The standard InChI is InChI=1S/C10H7F3N2O/c11-8-3-7(4-9(12)10(8)13)15-2-1-6(5-16)14-15/h1-4,16H,5H2. The molecule has 2 aromatic rings. The van der Waals surface area contributed by atoms with E-state index in [1.807, 2.05) is 0 Å². The molecule has 1 aromatic heterocycles. The molecule has 0 aliphatic rings. The van der Waals surface area contributed by atoms with E-state index in [4.69, 9.17) is 5.11 Å². The van der Waals surface area contributed by atoms with E-state index in [0.717, 1.165) is 16.8 Å². The van der Waals surface area contributed by atoms with Gasteiger partial charge in [-0.1, -0.05) is 0 Å². The highest BCUT2D eigenvalue weighted by Gasteiger charge is 2.12. The lowest BCUT2D eigenvalue weighted by Crippen LogP contribution is -2.00. The van der Waals surface area contributed by atoms with Crippen molar-refractivity contribution in [3.8, 4) is 5.69 Å². The van der Waals surface area contributed by atoms with Crippen LogP contribution in [0.25, 0.3) is 5.69 Å². The van der Waals surface area contributed by atoms with E-state index in [0.29, 0.717) is 5.69 Å². The molecule has 1 aromatic carbocycles. The van der Waals surface area contributed by atoms with E-state index in [1.165, 1.54) is 12.3 Å². The molecule has 0 saturated heterocycles. The fourth-order valence-corrected chi connectivity index (χ4v) is 1.26. The van der Waals surface area contributed by atoms with Crippen molar-refractivity contribution in [3.63, 3.8) is 0 Å². The van der Waals surface area contributed by atoms with Gasteiger partial charge in [-0.15, -0.1) is 0 Å². The third-order valence-corrected chi connectivity index (χ3v) is 2.04. The van der Waals surface area contributed by atoms with Crippen molar-refractivity contribution in [2.24, 2.45) is 0 Å². The van der Waals surface area contributed by atoms with Gasteiger partial charge in [-0.2, -0.15) is 5.10 Å². The number of benzene rings is 1. The first-order chi connectivity index (χ1) is 7.61. The molecule has 0 fully saturated rings. The van der Waals surface area contributed by atoms with Gasteiger partial charge in [-0.05, 0) is 6.07 Å². The van der Waals surface area contributed by atoms with Gasteiger partial charge in [0.2, 0.25) is 0 Å². The van der Waals surface area contributed by atoms with Gasteiger partial charge in [-0.25, -0.2) is 17.9 Å². The fourth-order valence-electron chi connectivity index (χ4n) is 1.26. The number of aliphatic hydroxyl groups is 1. The Balaban J connectivity index is 2.48. The van der Waals surface area contributed by atoms with Crippen LogP contribution >= 0.6 is 0 Å². The summed E-state index contributed by atoms with van der Waals surface area (Å²) in [6.45, 7) is -0.279.